The zero-order valence-electron chi connectivity index (χ0n) is 9.87. The van der Waals surface area contributed by atoms with E-state index in [0.717, 1.165) is 13.2 Å². The van der Waals surface area contributed by atoms with Gasteiger partial charge in [-0.3, -0.25) is 4.79 Å². The number of phenolic OH excluding ortho intramolecular Hbond substituents is 2. The van der Waals surface area contributed by atoms with Crippen molar-refractivity contribution in [3.8, 4) is 11.5 Å². The van der Waals surface area contributed by atoms with Crippen LogP contribution in [0.1, 0.15) is 15.9 Å². The standard InChI is InChI=1S/C13H10O3.CH4O/c14-10-6-7-11(12(15)8-10)13(16)9-4-2-1-3-5-9;1-2/h1-8,14-15H;2H,1H3. The van der Waals surface area contributed by atoms with Crippen LogP contribution < -0.4 is 0 Å². The van der Waals surface area contributed by atoms with Gasteiger partial charge >= 0.3 is 0 Å². The smallest absolute Gasteiger partial charge is 0.196 e. The summed E-state index contributed by atoms with van der Waals surface area (Å²) in [5.41, 5.74) is 0.687. The molecule has 0 atom stereocenters. The van der Waals surface area contributed by atoms with Gasteiger partial charge in [0.05, 0.1) is 5.56 Å². The monoisotopic (exact) mass is 246 g/mol. The number of hydrogen-bond acceptors (Lipinski definition) is 4. The lowest BCUT2D eigenvalue weighted by atomic mass is 10.0. The molecule has 0 aliphatic rings. The van der Waals surface area contributed by atoms with Crippen LogP contribution in [0.5, 0.6) is 11.5 Å². The molecule has 0 spiro atoms. The first-order valence-electron chi connectivity index (χ1n) is 5.25. The van der Waals surface area contributed by atoms with E-state index in [1.54, 1.807) is 24.3 Å². The van der Waals surface area contributed by atoms with Gasteiger partial charge in [-0.15, -0.1) is 0 Å². The van der Waals surface area contributed by atoms with Crippen molar-refractivity contribution >= 4 is 5.78 Å². The molecule has 0 amide bonds. The summed E-state index contributed by atoms with van der Waals surface area (Å²) in [7, 11) is 1.00. The third kappa shape index (κ3) is 3.09. The minimum atomic E-state index is -0.266. The Morgan fingerprint density at radius 1 is 0.944 bits per heavy atom. The van der Waals surface area contributed by atoms with Crippen LogP contribution in [0.2, 0.25) is 0 Å². The highest BCUT2D eigenvalue weighted by Crippen LogP contribution is 2.24. The van der Waals surface area contributed by atoms with E-state index in [-0.39, 0.29) is 22.8 Å². The number of carbonyl (C=O) groups is 1. The third-order valence-corrected chi connectivity index (χ3v) is 2.26. The van der Waals surface area contributed by atoms with Crippen molar-refractivity contribution in [3.05, 3.63) is 59.7 Å². The summed E-state index contributed by atoms with van der Waals surface area (Å²) in [4.78, 5) is 11.9. The zero-order valence-corrected chi connectivity index (χ0v) is 9.87. The highest BCUT2D eigenvalue weighted by molar-refractivity contribution is 6.10. The third-order valence-electron chi connectivity index (χ3n) is 2.26. The maximum atomic E-state index is 11.9. The van der Waals surface area contributed by atoms with E-state index in [9.17, 15) is 9.90 Å². The molecule has 0 radical (unpaired) electrons. The largest absolute Gasteiger partial charge is 0.508 e. The lowest BCUT2D eigenvalue weighted by molar-refractivity contribution is 0.103. The molecule has 0 heterocycles. The van der Waals surface area contributed by atoms with Gasteiger partial charge in [-0.1, -0.05) is 30.3 Å². The van der Waals surface area contributed by atoms with E-state index in [1.807, 2.05) is 6.07 Å². The van der Waals surface area contributed by atoms with Gasteiger partial charge in [-0.25, -0.2) is 0 Å². The van der Waals surface area contributed by atoms with Crippen LogP contribution in [-0.4, -0.2) is 28.2 Å². The summed E-state index contributed by atoms with van der Waals surface area (Å²) in [6, 6.07) is 12.6. The Labute approximate surface area is 105 Å². The number of rotatable bonds is 2. The zero-order chi connectivity index (χ0) is 13.5. The lowest BCUT2D eigenvalue weighted by Gasteiger charge is -2.04. The van der Waals surface area contributed by atoms with Gasteiger partial charge in [0.25, 0.3) is 0 Å². The predicted octanol–water partition coefficient (Wildman–Crippen LogP) is 1.94. The van der Waals surface area contributed by atoms with Crippen molar-refractivity contribution in [1.82, 2.24) is 0 Å². The van der Waals surface area contributed by atoms with Crippen LogP contribution in [0.25, 0.3) is 0 Å². The van der Waals surface area contributed by atoms with E-state index >= 15 is 0 Å². The molecule has 0 saturated carbocycles. The minimum absolute atomic E-state index is 0.0675. The fourth-order valence-corrected chi connectivity index (χ4v) is 1.46. The summed E-state index contributed by atoms with van der Waals surface area (Å²) < 4.78 is 0. The number of phenols is 2. The summed E-state index contributed by atoms with van der Waals surface area (Å²) in [6.45, 7) is 0. The van der Waals surface area contributed by atoms with Crippen LogP contribution in [-0.2, 0) is 0 Å². The molecule has 0 bridgehead atoms. The molecule has 0 saturated heterocycles. The molecule has 0 aliphatic heterocycles. The maximum Gasteiger partial charge on any atom is 0.196 e. The first-order valence-corrected chi connectivity index (χ1v) is 5.25. The molecule has 2 aromatic carbocycles. The van der Waals surface area contributed by atoms with Crippen LogP contribution >= 0.6 is 0 Å². The molecule has 4 heteroatoms. The van der Waals surface area contributed by atoms with E-state index in [1.165, 1.54) is 12.1 Å². The first-order chi connectivity index (χ1) is 8.68. The Balaban J connectivity index is 0.000000771. The highest BCUT2D eigenvalue weighted by atomic mass is 16.3. The number of ketones is 1. The van der Waals surface area contributed by atoms with Gasteiger partial charge in [0.15, 0.2) is 5.78 Å². The predicted molar refractivity (Wildman–Crippen MR) is 67.8 cm³/mol. The number of aliphatic hydroxyl groups is 1. The number of aromatic hydroxyl groups is 2. The van der Waals surface area contributed by atoms with Crippen molar-refractivity contribution in [2.75, 3.05) is 7.11 Å². The van der Waals surface area contributed by atoms with Gasteiger partial charge in [-0.2, -0.15) is 0 Å². The van der Waals surface area contributed by atoms with E-state index in [4.69, 9.17) is 10.2 Å². The average molecular weight is 246 g/mol. The molecule has 0 aromatic heterocycles. The van der Waals surface area contributed by atoms with Crippen molar-refractivity contribution in [1.29, 1.82) is 0 Å². The summed E-state index contributed by atoms with van der Waals surface area (Å²) in [5, 5.41) is 25.7. The topological polar surface area (TPSA) is 77.8 Å². The van der Waals surface area contributed by atoms with Crippen LogP contribution in [0, 0.1) is 0 Å². The van der Waals surface area contributed by atoms with Crippen molar-refractivity contribution in [2.45, 2.75) is 0 Å². The minimum Gasteiger partial charge on any atom is -0.508 e. The summed E-state index contributed by atoms with van der Waals surface area (Å²) >= 11 is 0. The Kier molecular flexibility index (Phi) is 4.90. The Morgan fingerprint density at radius 3 is 2.11 bits per heavy atom. The molecular weight excluding hydrogens is 232 g/mol. The van der Waals surface area contributed by atoms with Gasteiger partial charge < -0.3 is 15.3 Å². The highest BCUT2D eigenvalue weighted by Gasteiger charge is 2.13. The molecule has 94 valence electrons. The van der Waals surface area contributed by atoms with E-state index in [0.29, 0.717) is 5.56 Å². The van der Waals surface area contributed by atoms with E-state index < -0.39 is 0 Å². The van der Waals surface area contributed by atoms with Crippen LogP contribution in [0.15, 0.2) is 48.5 Å². The van der Waals surface area contributed by atoms with Gasteiger partial charge in [0.1, 0.15) is 11.5 Å². The summed E-state index contributed by atoms with van der Waals surface area (Å²) in [6.07, 6.45) is 0. The molecule has 2 rings (SSSR count). The number of hydrogen-bond donors (Lipinski definition) is 3. The summed E-state index contributed by atoms with van der Waals surface area (Å²) in [5.74, 6) is -0.547. The number of carbonyl (C=O) groups excluding carboxylic acids is 1. The maximum absolute atomic E-state index is 11.9. The fraction of sp³-hybridized carbons (Fsp3) is 0.0714. The Morgan fingerprint density at radius 2 is 1.56 bits per heavy atom. The van der Waals surface area contributed by atoms with Gasteiger partial charge in [0, 0.05) is 18.7 Å². The van der Waals surface area contributed by atoms with Crippen LogP contribution in [0.4, 0.5) is 0 Å². The van der Waals surface area contributed by atoms with E-state index in [2.05, 4.69) is 0 Å². The second-order valence-corrected chi connectivity index (χ2v) is 3.40. The molecule has 4 nitrogen and oxygen atoms in total. The molecule has 0 aliphatic carbocycles. The quantitative estimate of drug-likeness (QED) is 0.708. The first kappa shape index (κ1) is 13.7. The number of aliphatic hydroxyl groups excluding tert-OH is 1. The molecular formula is C14H14O4. The van der Waals surface area contributed by atoms with Gasteiger partial charge in [-0.05, 0) is 12.1 Å². The molecule has 3 N–H and O–H groups in total. The molecule has 0 fully saturated rings. The Bertz CT molecular complexity index is 521. The van der Waals surface area contributed by atoms with Crippen molar-refractivity contribution < 1.29 is 20.1 Å². The van der Waals surface area contributed by atoms with Crippen LogP contribution in [0.3, 0.4) is 0 Å². The average Bonchev–Trinajstić information content (AvgIpc) is 2.41. The van der Waals surface area contributed by atoms with Gasteiger partial charge in [0.2, 0.25) is 0 Å². The normalized spacial score (nSPS) is 9.22. The SMILES string of the molecule is CO.O=C(c1ccccc1)c1ccc(O)cc1O. The molecule has 2 aromatic rings. The molecule has 0 unspecified atom stereocenters. The second kappa shape index (κ2) is 6.42. The fourth-order valence-electron chi connectivity index (χ4n) is 1.46. The second-order valence-electron chi connectivity index (χ2n) is 3.40. The van der Waals surface area contributed by atoms with Crippen molar-refractivity contribution in [2.24, 2.45) is 0 Å². The Hall–Kier alpha value is -2.33. The molecule has 18 heavy (non-hydrogen) atoms. The lowest BCUT2D eigenvalue weighted by Crippen LogP contribution is -2.00. The van der Waals surface area contributed by atoms with Crippen molar-refractivity contribution in [3.63, 3.8) is 0 Å². The number of benzene rings is 2.